The number of aliphatic hydroxyl groups is 3. The third-order valence-corrected chi connectivity index (χ3v) is 4.81. The van der Waals surface area contributed by atoms with Crippen molar-refractivity contribution in [1.29, 1.82) is 0 Å². The lowest BCUT2D eigenvalue weighted by molar-refractivity contribution is 0.00445. The van der Waals surface area contributed by atoms with E-state index in [4.69, 9.17) is 17.3 Å². The van der Waals surface area contributed by atoms with E-state index in [0.29, 0.717) is 17.8 Å². The number of anilines is 2. The fourth-order valence-corrected chi connectivity index (χ4v) is 3.32. The van der Waals surface area contributed by atoms with E-state index >= 15 is 0 Å². The Labute approximate surface area is 156 Å². The Kier molecular flexibility index (Phi) is 5.73. The lowest BCUT2D eigenvalue weighted by Gasteiger charge is -2.20. The van der Waals surface area contributed by atoms with Gasteiger partial charge in [-0.3, -0.25) is 0 Å². The minimum absolute atomic E-state index is 0.00102. The molecule has 0 aliphatic heterocycles. The number of hydrogen-bond donors (Lipinski definition) is 5. The monoisotopic (exact) mass is 376 g/mol. The van der Waals surface area contributed by atoms with Crippen LogP contribution in [-0.2, 0) is 0 Å². The fourth-order valence-electron chi connectivity index (χ4n) is 3.08. The Morgan fingerprint density at radius 1 is 1.15 bits per heavy atom. The number of hydrogen-bond acceptors (Lipinski definition) is 7. The molecule has 138 valence electrons. The van der Waals surface area contributed by atoms with E-state index in [1.165, 1.54) is 0 Å². The molecule has 1 fully saturated rings. The van der Waals surface area contributed by atoms with Crippen LogP contribution in [0.1, 0.15) is 17.5 Å². The fraction of sp³-hybridized carbons (Fsp3) is 0.333. The number of rotatable bonds is 5. The summed E-state index contributed by atoms with van der Waals surface area (Å²) in [5.41, 5.74) is 7.20. The number of halogens is 1. The van der Waals surface area contributed by atoms with Gasteiger partial charge in [-0.25, -0.2) is 4.98 Å². The summed E-state index contributed by atoms with van der Waals surface area (Å²) in [5.74, 6) is -0.0360. The molecular formula is C18H21ClN4O3. The van der Waals surface area contributed by atoms with Crippen molar-refractivity contribution in [2.75, 3.05) is 17.7 Å². The zero-order valence-electron chi connectivity index (χ0n) is 14.0. The van der Waals surface area contributed by atoms with Crippen LogP contribution in [0.15, 0.2) is 30.3 Å². The van der Waals surface area contributed by atoms with Crippen molar-refractivity contribution in [2.24, 2.45) is 5.92 Å². The normalized spacial score (nSPS) is 25.7. The van der Waals surface area contributed by atoms with Crippen LogP contribution in [0.3, 0.4) is 0 Å². The average Bonchev–Trinajstić information content (AvgIpc) is 2.89. The first-order chi connectivity index (χ1) is 12.5. The second-order valence-corrected chi connectivity index (χ2v) is 6.65. The van der Waals surface area contributed by atoms with Crippen LogP contribution < -0.4 is 11.1 Å². The Balaban J connectivity index is 1.88. The third-order valence-electron chi connectivity index (χ3n) is 4.52. The molecular weight excluding hydrogens is 356 g/mol. The van der Waals surface area contributed by atoms with E-state index < -0.39 is 24.2 Å². The third kappa shape index (κ3) is 3.96. The summed E-state index contributed by atoms with van der Waals surface area (Å²) in [4.78, 5) is 8.16. The first-order valence-corrected chi connectivity index (χ1v) is 8.67. The highest BCUT2D eigenvalue weighted by Gasteiger charge is 2.41. The number of nitrogen functional groups attached to an aromatic ring is 1. The maximum Gasteiger partial charge on any atom is 0.223 e. The molecule has 0 bridgehead atoms. The van der Waals surface area contributed by atoms with E-state index in [-0.39, 0.29) is 17.7 Å². The van der Waals surface area contributed by atoms with Crippen LogP contribution in [0, 0.1) is 5.92 Å². The quantitative estimate of drug-likeness (QED) is 0.499. The van der Waals surface area contributed by atoms with Gasteiger partial charge in [0.1, 0.15) is 17.1 Å². The SMILES string of the molecule is Nc1nc(Cl)c(C=Cc2ccccc2)c(N[C@@H]2C[C@H](CO)[C@@H](O)[C@H]2O)n1. The van der Waals surface area contributed by atoms with Gasteiger partial charge in [0.2, 0.25) is 5.95 Å². The van der Waals surface area contributed by atoms with Gasteiger partial charge < -0.3 is 26.4 Å². The van der Waals surface area contributed by atoms with Gasteiger partial charge in [0.05, 0.1) is 17.7 Å². The first kappa shape index (κ1) is 18.6. The van der Waals surface area contributed by atoms with E-state index in [1.54, 1.807) is 6.08 Å². The Morgan fingerprint density at radius 3 is 2.54 bits per heavy atom. The molecule has 3 rings (SSSR count). The van der Waals surface area contributed by atoms with E-state index in [1.807, 2.05) is 36.4 Å². The summed E-state index contributed by atoms with van der Waals surface area (Å²) >= 11 is 6.23. The molecule has 1 aromatic heterocycles. The van der Waals surface area contributed by atoms with Crippen LogP contribution in [0.5, 0.6) is 0 Å². The van der Waals surface area contributed by atoms with Crippen molar-refractivity contribution in [3.05, 3.63) is 46.6 Å². The average molecular weight is 377 g/mol. The van der Waals surface area contributed by atoms with Gasteiger partial charge in [0.15, 0.2) is 0 Å². The molecule has 6 N–H and O–H groups in total. The lowest BCUT2D eigenvalue weighted by Crippen LogP contribution is -2.35. The van der Waals surface area contributed by atoms with E-state index in [0.717, 1.165) is 5.56 Å². The summed E-state index contributed by atoms with van der Waals surface area (Å²) in [6.07, 6.45) is 1.98. The van der Waals surface area contributed by atoms with Crippen molar-refractivity contribution in [1.82, 2.24) is 9.97 Å². The van der Waals surface area contributed by atoms with Crippen molar-refractivity contribution < 1.29 is 15.3 Å². The van der Waals surface area contributed by atoms with Crippen LogP contribution in [0.4, 0.5) is 11.8 Å². The second-order valence-electron chi connectivity index (χ2n) is 6.29. The van der Waals surface area contributed by atoms with Gasteiger partial charge in [-0.05, 0) is 18.1 Å². The van der Waals surface area contributed by atoms with Gasteiger partial charge >= 0.3 is 0 Å². The van der Waals surface area contributed by atoms with Crippen LogP contribution >= 0.6 is 11.6 Å². The van der Waals surface area contributed by atoms with Gasteiger partial charge in [-0.15, -0.1) is 0 Å². The zero-order valence-corrected chi connectivity index (χ0v) is 14.7. The molecule has 1 saturated carbocycles. The van der Waals surface area contributed by atoms with Gasteiger partial charge in [-0.1, -0.05) is 48.0 Å². The molecule has 1 heterocycles. The molecule has 0 spiro atoms. The predicted octanol–water partition coefficient (Wildman–Crippen LogP) is 1.40. The second kappa shape index (κ2) is 8.01. The Bertz CT molecular complexity index is 788. The molecule has 4 atom stereocenters. The maximum absolute atomic E-state index is 10.2. The summed E-state index contributed by atoms with van der Waals surface area (Å²) in [7, 11) is 0. The predicted molar refractivity (Wildman–Crippen MR) is 101 cm³/mol. The molecule has 1 aliphatic carbocycles. The zero-order chi connectivity index (χ0) is 18.7. The smallest absolute Gasteiger partial charge is 0.223 e. The standard InChI is InChI=1S/C18H21ClN4O3/c19-16-12(7-6-10-4-2-1-3-5-10)17(23-18(20)22-16)21-13-8-11(9-24)14(25)15(13)26/h1-7,11,13-15,24-26H,8-9H2,(H3,20,21,22,23)/t11-,13-,14-,15+/m1/s1. The first-order valence-electron chi connectivity index (χ1n) is 8.29. The molecule has 0 saturated heterocycles. The number of nitrogens with two attached hydrogens (primary N) is 1. The van der Waals surface area contributed by atoms with Crippen molar-refractivity contribution >= 4 is 35.5 Å². The number of aromatic nitrogens is 2. The molecule has 7 nitrogen and oxygen atoms in total. The largest absolute Gasteiger partial charge is 0.396 e. The summed E-state index contributed by atoms with van der Waals surface area (Å²) < 4.78 is 0. The topological polar surface area (TPSA) is 125 Å². The van der Waals surface area contributed by atoms with Crippen LogP contribution in [0.25, 0.3) is 12.2 Å². The molecule has 1 aliphatic rings. The lowest BCUT2D eigenvalue weighted by atomic mass is 10.1. The molecule has 0 amide bonds. The van der Waals surface area contributed by atoms with Gasteiger partial charge in [0.25, 0.3) is 0 Å². The van der Waals surface area contributed by atoms with Crippen molar-refractivity contribution in [3.8, 4) is 0 Å². The number of aliphatic hydroxyl groups excluding tert-OH is 3. The highest BCUT2D eigenvalue weighted by atomic mass is 35.5. The highest BCUT2D eigenvalue weighted by molar-refractivity contribution is 6.31. The van der Waals surface area contributed by atoms with Crippen LogP contribution in [-0.4, -0.2) is 50.1 Å². The Hall–Kier alpha value is -2.19. The van der Waals surface area contributed by atoms with Gasteiger partial charge in [0, 0.05) is 12.5 Å². The molecule has 26 heavy (non-hydrogen) atoms. The van der Waals surface area contributed by atoms with Gasteiger partial charge in [-0.2, -0.15) is 4.98 Å². The molecule has 1 aromatic carbocycles. The number of nitrogens with zero attached hydrogens (tertiary/aromatic N) is 2. The molecule has 8 heteroatoms. The number of nitrogens with one attached hydrogen (secondary N) is 1. The minimum atomic E-state index is -1.03. The summed E-state index contributed by atoms with van der Waals surface area (Å²) in [5, 5.41) is 32.8. The van der Waals surface area contributed by atoms with E-state index in [2.05, 4.69) is 15.3 Å². The molecule has 2 aromatic rings. The molecule has 0 radical (unpaired) electrons. The van der Waals surface area contributed by atoms with Crippen molar-refractivity contribution in [3.63, 3.8) is 0 Å². The summed E-state index contributed by atoms with van der Waals surface area (Å²) in [6.45, 7) is -0.205. The highest BCUT2D eigenvalue weighted by Crippen LogP contribution is 2.31. The van der Waals surface area contributed by atoms with Crippen LogP contribution in [0.2, 0.25) is 5.15 Å². The summed E-state index contributed by atoms with van der Waals surface area (Å²) in [6, 6.07) is 9.16. The van der Waals surface area contributed by atoms with Crippen molar-refractivity contribution in [2.45, 2.75) is 24.7 Å². The minimum Gasteiger partial charge on any atom is -0.396 e. The number of benzene rings is 1. The Morgan fingerprint density at radius 2 is 1.88 bits per heavy atom. The molecule has 0 unspecified atom stereocenters. The van der Waals surface area contributed by atoms with E-state index in [9.17, 15) is 15.3 Å². The maximum atomic E-state index is 10.2.